The van der Waals surface area contributed by atoms with Crippen molar-refractivity contribution in [1.29, 1.82) is 0 Å². The van der Waals surface area contributed by atoms with Gasteiger partial charge in [0, 0.05) is 19.2 Å². The van der Waals surface area contributed by atoms with E-state index in [0.29, 0.717) is 17.9 Å². The van der Waals surface area contributed by atoms with E-state index in [1.54, 1.807) is 26.0 Å². The highest BCUT2D eigenvalue weighted by Gasteiger charge is 2.16. The maximum atomic E-state index is 11.8. The van der Waals surface area contributed by atoms with E-state index in [4.69, 9.17) is 9.47 Å². The van der Waals surface area contributed by atoms with Gasteiger partial charge in [0.1, 0.15) is 11.5 Å². The fourth-order valence-corrected chi connectivity index (χ4v) is 3.95. The number of nitrogens with one attached hydrogen (secondary N) is 2. The first-order valence-corrected chi connectivity index (χ1v) is 12.0. The maximum Gasteiger partial charge on any atom is 0.246 e. The second-order valence-corrected chi connectivity index (χ2v) is 10.8. The van der Waals surface area contributed by atoms with Crippen molar-refractivity contribution >= 4 is 20.0 Å². The van der Waals surface area contributed by atoms with Crippen molar-refractivity contribution in [3.05, 3.63) is 23.8 Å². The molecule has 10 heteroatoms. The van der Waals surface area contributed by atoms with E-state index >= 15 is 0 Å². The molecule has 0 saturated heterocycles. The summed E-state index contributed by atoms with van der Waals surface area (Å²) in [5.74, 6) is -0.465. The van der Waals surface area contributed by atoms with Gasteiger partial charge < -0.3 is 9.47 Å². The van der Waals surface area contributed by atoms with Gasteiger partial charge in [0.25, 0.3) is 0 Å². The van der Waals surface area contributed by atoms with Crippen molar-refractivity contribution in [3.8, 4) is 11.5 Å². The molecule has 0 radical (unpaired) electrons. The van der Waals surface area contributed by atoms with Crippen LogP contribution < -0.4 is 18.9 Å². The average molecular weight is 423 g/mol. The van der Waals surface area contributed by atoms with Crippen molar-refractivity contribution in [1.82, 2.24) is 9.44 Å². The summed E-state index contributed by atoms with van der Waals surface area (Å²) in [6.45, 7) is 10.1. The Hall–Kier alpha value is -1.36. The average Bonchev–Trinajstić information content (AvgIpc) is 2.49. The summed E-state index contributed by atoms with van der Waals surface area (Å²) in [6.07, 6.45) is 0.681. The molecule has 8 nitrogen and oxygen atoms in total. The molecule has 1 aromatic carbocycles. The zero-order valence-corrected chi connectivity index (χ0v) is 18.2. The van der Waals surface area contributed by atoms with Crippen molar-refractivity contribution in [2.45, 2.75) is 41.0 Å². The van der Waals surface area contributed by atoms with Crippen molar-refractivity contribution in [2.75, 3.05) is 25.0 Å². The molecule has 0 heterocycles. The zero-order valence-electron chi connectivity index (χ0n) is 16.5. The Bertz CT molecular complexity index is 756. The van der Waals surface area contributed by atoms with E-state index in [1.165, 1.54) is 6.07 Å². The van der Waals surface area contributed by atoms with Gasteiger partial charge in [-0.15, -0.1) is 0 Å². The Balaban J connectivity index is 3.02. The Morgan fingerprint density at radius 1 is 0.815 bits per heavy atom. The minimum absolute atomic E-state index is 0.0262. The van der Waals surface area contributed by atoms with Gasteiger partial charge in [-0.1, -0.05) is 34.6 Å². The van der Waals surface area contributed by atoms with Gasteiger partial charge in [-0.05, 0) is 29.5 Å². The van der Waals surface area contributed by atoms with Crippen LogP contribution in [0.3, 0.4) is 0 Å². The Labute approximate surface area is 162 Å². The van der Waals surface area contributed by atoms with Gasteiger partial charge in [-0.25, -0.2) is 26.3 Å². The number of ether oxygens (including phenoxy) is 2. The van der Waals surface area contributed by atoms with Crippen LogP contribution in [0.4, 0.5) is 0 Å². The van der Waals surface area contributed by atoms with Gasteiger partial charge in [-0.2, -0.15) is 0 Å². The first kappa shape index (κ1) is 23.7. The third-order valence-electron chi connectivity index (χ3n) is 3.16. The lowest BCUT2D eigenvalue weighted by Gasteiger charge is -2.20. The lowest BCUT2D eigenvalue weighted by Crippen LogP contribution is -2.29. The Morgan fingerprint density at radius 3 is 1.56 bits per heavy atom. The van der Waals surface area contributed by atoms with Crippen molar-refractivity contribution in [3.63, 3.8) is 0 Å². The fourth-order valence-electron chi connectivity index (χ4n) is 2.33. The molecule has 0 spiro atoms. The Kier molecular flexibility index (Phi) is 8.52. The first-order valence-electron chi connectivity index (χ1n) is 8.70. The van der Waals surface area contributed by atoms with Gasteiger partial charge >= 0.3 is 0 Å². The lowest BCUT2D eigenvalue weighted by molar-refractivity contribution is 0.353. The van der Waals surface area contributed by atoms with Crippen LogP contribution in [0.25, 0.3) is 0 Å². The van der Waals surface area contributed by atoms with Crippen molar-refractivity contribution in [2.24, 2.45) is 5.41 Å². The molecule has 1 rings (SSSR count). The fraction of sp³-hybridized carbons (Fsp3) is 0.647. The quantitative estimate of drug-likeness (QED) is 0.563. The van der Waals surface area contributed by atoms with E-state index in [2.05, 4.69) is 30.2 Å². The lowest BCUT2D eigenvalue weighted by atomic mass is 9.88. The molecule has 0 aliphatic carbocycles. The van der Waals surface area contributed by atoms with E-state index in [9.17, 15) is 16.8 Å². The summed E-state index contributed by atoms with van der Waals surface area (Å²) in [7, 11) is -7.10. The van der Waals surface area contributed by atoms with Crippen LogP contribution >= 0.6 is 0 Å². The standard InChI is InChI=1S/C17H30N2O6S2/c1-6-18-26(20,21)12-24-15-8-14(11-17(3,4)5)9-16(10-15)25-13-27(22,23)19-7-2/h8-10,18-19H,6-7,11-13H2,1-5H3. The molecule has 0 unspecified atom stereocenters. The molecule has 0 fully saturated rings. The molecule has 0 amide bonds. The number of benzene rings is 1. The molecule has 0 atom stereocenters. The van der Waals surface area contributed by atoms with Crippen LogP contribution in [0.2, 0.25) is 0 Å². The predicted octanol–water partition coefficient (Wildman–Crippen LogP) is 1.83. The highest BCUT2D eigenvalue weighted by molar-refractivity contribution is 7.89. The highest BCUT2D eigenvalue weighted by Crippen LogP contribution is 2.28. The summed E-state index contributed by atoms with van der Waals surface area (Å²) >= 11 is 0. The largest absolute Gasteiger partial charge is 0.476 e. The summed E-state index contributed by atoms with van der Waals surface area (Å²) < 4.78 is 62.6. The third-order valence-corrected chi connectivity index (χ3v) is 5.48. The van der Waals surface area contributed by atoms with Crippen LogP contribution in [0.5, 0.6) is 11.5 Å². The molecule has 1 aromatic rings. The third kappa shape index (κ3) is 9.94. The van der Waals surface area contributed by atoms with Crippen LogP contribution in [-0.4, -0.2) is 41.8 Å². The Morgan fingerprint density at radius 2 is 1.22 bits per heavy atom. The number of hydrogen-bond donors (Lipinski definition) is 2. The second kappa shape index (κ2) is 9.72. The van der Waals surface area contributed by atoms with Gasteiger partial charge in [0.2, 0.25) is 31.9 Å². The number of sulfonamides is 2. The molecule has 2 N–H and O–H groups in total. The summed E-state index contributed by atoms with van der Waals surface area (Å²) in [5, 5.41) is 0. The maximum absolute atomic E-state index is 11.8. The van der Waals surface area contributed by atoms with Crippen LogP contribution in [0, 0.1) is 5.41 Å². The van der Waals surface area contributed by atoms with Gasteiger partial charge in [-0.3, -0.25) is 0 Å². The SMILES string of the molecule is CCNS(=O)(=O)COc1cc(CC(C)(C)C)cc(OCS(=O)(=O)NCC)c1. The summed E-state index contributed by atoms with van der Waals surface area (Å²) in [6, 6.07) is 4.95. The molecule has 0 aromatic heterocycles. The van der Waals surface area contributed by atoms with E-state index in [-0.39, 0.29) is 18.5 Å². The predicted molar refractivity (Wildman–Crippen MR) is 106 cm³/mol. The number of hydrogen-bond acceptors (Lipinski definition) is 6. The second-order valence-electron chi connectivity index (χ2n) is 7.30. The van der Waals surface area contributed by atoms with Crippen LogP contribution in [-0.2, 0) is 26.5 Å². The van der Waals surface area contributed by atoms with Gasteiger partial charge in [0.05, 0.1) is 0 Å². The number of rotatable bonds is 11. The molecule has 0 saturated carbocycles. The topological polar surface area (TPSA) is 111 Å². The molecule has 0 aliphatic rings. The van der Waals surface area contributed by atoms with Crippen LogP contribution in [0.1, 0.15) is 40.2 Å². The molecular formula is C17H30N2O6S2. The van der Waals surface area contributed by atoms with E-state index < -0.39 is 31.9 Å². The van der Waals surface area contributed by atoms with E-state index in [1.807, 2.05) is 0 Å². The minimum atomic E-state index is -3.55. The van der Waals surface area contributed by atoms with E-state index in [0.717, 1.165) is 5.56 Å². The molecule has 0 aliphatic heterocycles. The molecule has 27 heavy (non-hydrogen) atoms. The monoisotopic (exact) mass is 422 g/mol. The highest BCUT2D eigenvalue weighted by atomic mass is 32.2. The smallest absolute Gasteiger partial charge is 0.246 e. The zero-order chi connectivity index (χ0) is 20.7. The van der Waals surface area contributed by atoms with Crippen LogP contribution in [0.15, 0.2) is 18.2 Å². The first-order chi connectivity index (χ1) is 12.4. The molecular weight excluding hydrogens is 392 g/mol. The van der Waals surface area contributed by atoms with Crippen molar-refractivity contribution < 1.29 is 26.3 Å². The summed E-state index contributed by atoms with van der Waals surface area (Å²) in [5.41, 5.74) is 0.832. The molecule has 156 valence electrons. The summed E-state index contributed by atoms with van der Waals surface area (Å²) in [4.78, 5) is 0. The van der Waals surface area contributed by atoms with Gasteiger partial charge in [0.15, 0.2) is 0 Å². The normalized spacial score (nSPS) is 12.8. The molecule has 0 bridgehead atoms. The minimum Gasteiger partial charge on any atom is -0.476 e.